The second-order valence-corrected chi connectivity index (χ2v) is 22.3. The summed E-state index contributed by atoms with van der Waals surface area (Å²) in [7, 11) is 1.95. The number of piperazine rings is 1. The van der Waals surface area contributed by atoms with Gasteiger partial charge in [0.15, 0.2) is 10.8 Å². The lowest BCUT2D eigenvalue weighted by Gasteiger charge is -2.36. The lowest BCUT2D eigenvalue weighted by molar-refractivity contribution is -0.134. The molecule has 16 heteroatoms. The molecule has 5 aliphatic rings. The first-order chi connectivity index (χ1) is 35.9. The summed E-state index contributed by atoms with van der Waals surface area (Å²) in [4.78, 5) is 67.8. The van der Waals surface area contributed by atoms with E-state index in [1.54, 1.807) is 0 Å². The molecule has 74 heavy (non-hydrogen) atoms. The van der Waals surface area contributed by atoms with Crippen LogP contribution in [0.5, 0.6) is 5.75 Å². The Kier molecular flexibility index (Phi) is 12.4. The lowest BCUT2D eigenvalue weighted by Crippen LogP contribution is -2.46. The van der Waals surface area contributed by atoms with E-state index >= 15 is 0 Å². The van der Waals surface area contributed by atoms with Crippen LogP contribution in [0.3, 0.4) is 0 Å². The van der Waals surface area contributed by atoms with E-state index in [1.807, 2.05) is 91.4 Å². The number of para-hydroxylation sites is 2. The van der Waals surface area contributed by atoms with Crippen molar-refractivity contribution in [2.75, 3.05) is 54.4 Å². The van der Waals surface area contributed by atoms with E-state index in [0.29, 0.717) is 59.8 Å². The fourth-order valence-electron chi connectivity index (χ4n) is 12.9. The standard InChI is InChI=1S/C58H61N9O6S/c1-36-38(39-18-20-48(60-51(39)55(71)72)67-29-22-37-10-7-12-40(43(37)34-67)53(69)62-56-59-44-14-3-4-17-47(44)74-56)11-9-16-46(36)73-58-26-24-57(35-58,25-27-58)23-5-6-28-65-30-32-66(33-31-65)45-15-8-13-41-50(63-64(2)52(41)45)42-19-21-49(68)61-54(42)70/h3-4,7-18,20,42H,5-6,19,21-35H2,1-2H3,(H,71,72)(H,59,62,69)(H,61,68,70). The highest BCUT2D eigenvalue weighted by atomic mass is 32.1. The molecule has 2 aliphatic carbocycles. The molecule has 1 unspecified atom stereocenters. The highest BCUT2D eigenvalue weighted by Crippen LogP contribution is 2.60. The Balaban J connectivity index is 0.658. The molecule has 12 rings (SSSR count). The van der Waals surface area contributed by atoms with E-state index < -0.39 is 11.9 Å². The van der Waals surface area contributed by atoms with Crippen molar-refractivity contribution in [3.63, 3.8) is 0 Å². The number of carbonyl (C=O) groups excluding carboxylic acids is 3. The number of imide groups is 1. The van der Waals surface area contributed by atoms with Crippen molar-refractivity contribution >= 4 is 72.8 Å². The molecule has 2 bridgehead atoms. The highest BCUT2D eigenvalue weighted by Gasteiger charge is 2.55. The number of nitrogens with zero attached hydrogens (tertiary/aromatic N) is 7. The number of aromatic carboxylic acids is 1. The first-order valence-electron chi connectivity index (χ1n) is 26.2. The fourth-order valence-corrected chi connectivity index (χ4v) is 13.8. The zero-order valence-electron chi connectivity index (χ0n) is 42.0. The maximum atomic E-state index is 13.7. The van der Waals surface area contributed by atoms with Crippen molar-refractivity contribution in [2.24, 2.45) is 12.5 Å². The summed E-state index contributed by atoms with van der Waals surface area (Å²) in [6.45, 7) is 7.99. The minimum Gasteiger partial charge on any atom is -0.487 e. The summed E-state index contributed by atoms with van der Waals surface area (Å²) in [5.41, 5.74) is 8.65. The number of amides is 3. The molecule has 15 nitrogen and oxygen atoms in total. The number of pyridine rings is 1. The van der Waals surface area contributed by atoms with Crippen molar-refractivity contribution in [1.82, 2.24) is 30.0 Å². The second kappa shape index (κ2) is 19.3. The molecule has 380 valence electrons. The van der Waals surface area contributed by atoms with Gasteiger partial charge in [0, 0.05) is 69.3 Å². The monoisotopic (exact) mass is 1010 g/mol. The average molecular weight is 1010 g/mol. The predicted octanol–water partition coefficient (Wildman–Crippen LogP) is 9.66. The summed E-state index contributed by atoms with van der Waals surface area (Å²) in [5.74, 6) is -0.861. The minimum absolute atomic E-state index is 0.0133. The number of hydrogen-bond donors (Lipinski definition) is 3. The van der Waals surface area contributed by atoms with Crippen molar-refractivity contribution < 1.29 is 29.0 Å². The van der Waals surface area contributed by atoms with Crippen LogP contribution in [0.1, 0.15) is 113 Å². The van der Waals surface area contributed by atoms with Gasteiger partial charge in [0.1, 0.15) is 17.2 Å². The number of unbranched alkanes of at least 4 members (excludes halogenated alkanes) is 1. The SMILES string of the molecule is Cc1c(OC23CCC(CCCCN4CCN(c5cccc6c(C7CCC(=O)NC7=O)nn(C)c56)CC4)(CC2)C3)cccc1-c1ccc(N2CCc3cccc(C(=O)Nc4nc5ccccc5s4)c3C2)nc1C(=O)O. The van der Waals surface area contributed by atoms with Crippen LogP contribution in [0, 0.1) is 12.3 Å². The zero-order valence-corrected chi connectivity index (χ0v) is 42.8. The quantitative estimate of drug-likeness (QED) is 0.0696. The van der Waals surface area contributed by atoms with Crippen LogP contribution in [0.2, 0.25) is 0 Å². The van der Waals surface area contributed by atoms with Crippen LogP contribution < -0.4 is 25.2 Å². The number of aryl methyl sites for hydroxylation is 1. The number of thiazole rings is 1. The van der Waals surface area contributed by atoms with Crippen LogP contribution in [-0.4, -0.2) is 98.3 Å². The van der Waals surface area contributed by atoms with E-state index in [-0.39, 0.29) is 29.0 Å². The van der Waals surface area contributed by atoms with Gasteiger partial charge in [0.25, 0.3) is 5.91 Å². The third-order valence-electron chi connectivity index (χ3n) is 16.8. The topological polar surface area (TPSA) is 175 Å². The number of rotatable bonds is 14. The van der Waals surface area contributed by atoms with Gasteiger partial charge >= 0.3 is 5.97 Å². The van der Waals surface area contributed by atoms with Gasteiger partial charge in [-0.1, -0.05) is 66.3 Å². The molecule has 3 amide bonds. The molecule has 4 aromatic carbocycles. The zero-order chi connectivity index (χ0) is 50.7. The van der Waals surface area contributed by atoms with Gasteiger partial charge in [-0.25, -0.2) is 14.8 Å². The molecular weight excluding hydrogens is 951 g/mol. The molecule has 0 radical (unpaired) electrons. The lowest BCUT2D eigenvalue weighted by atomic mass is 9.80. The number of anilines is 3. The number of hydrogen-bond acceptors (Lipinski definition) is 12. The average Bonchev–Trinajstić information content (AvgIpc) is 4.19. The molecule has 3 aromatic heterocycles. The minimum atomic E-state index is -1.10. The Morgan fingerprint density at radius 2 is 1.66 bits per heavy atom. The Morgan fingerprint density at radius 1 is 0.851 bits per heavy atom. The number of benzene rings is 4. The van der Waals surface area contributed by atoms with Crippen LogP contribution in [-0.2, 0) is 29.6 Å². The summed E-state index contributed by atoms with van der Waals surface area (Å²) < 4.78 is 9.97. The maximum Gasteiger partial charge on any atom is 0.355 e. The Morgan fingerprint density at radius 3 is 2.47 bits per heavy atom. The molecule has 3 N–H and O–H groups in total. The molecule has 1 atom stereocenters. The van der Waals surface area contributed by atoms with E-state index in [9.17, 15) is 24.3 Å². The van der Waals surface area contributed by atoms with E-state index in [0.717, 1.165) is 119 Å². The van der Waals surface area contributed by atoms with E-state index in [2.05, 4.69) is 48.5 Å². The van der Waals surface area contributed by atoms with Crippen molar-refractivity contribution in [3.05, 3.63) is 125 Å². The molecular formula is C58H61N9O6S. The molecule has 6 heterocycles. The molecule has 3 aliphatic heterocycles. The number of carbonyl (C=O) groups is 4. The van der Waals surface area contributed by atoms with Gasteiger partial charge in [0.2, 0.25) is 11.8 Å². The van der Waals surface area contributed by atoms with Crippen LogP contribution in [0.25, 0.3) is 32.2 Å². The number of fused-ring (bicyclic) bond motifs is 5. The summed E-state index contributed by atoms with van der Waals surface area (Å²) in [6.07, 6.45) is 10.5. The predicted molar refractivity (Wildman–Crippen MR) is 287 cm³/mol. The number of piperidine rings is 1. The Labute approximate surface area is 433 Å². The Bertz CT molecular complexity index is 3340. The number of carboxylic acid groups (broad SMARTS) is 1. The van der Waals surface area contributed by atoms with E-state index in [1.165, 1.54) is 37.0 Å². The van der Waals surface area contributed by atoms with Gasteiger partial charge in [-0.3, -0.25) is 34.6 Å². The van der Waals surface area contributed by atoms with Crippen LogP contribution in [0.15, 0.2) is 91.0 Å². The maximum absolute atomic E-state index is 13.7. The van der Waals surface area contributed by atoms with Crippen LogP contribution >= 0.6 is 11.3 Å². The van der Waals surface area contributed by atoms with Crippen LogP contribution in [0.4, 0.5) is 16.6 Å². The molecule has 0 spiro atoms. The third-order valence-corrected chi connectivity index (χ3v) is 17.8. The first kappa shape index (κ1) is 47.8. The molecule has 2 saturated heterocycles. The fraction of sp³-hybridized carbons (Fsp3) is 0.397. The largest absolute Gasteiger partial charge is 0.487 e. The second-order valence-electron chi connectivity index (χ2n) is 21.3. The number of ether oxygens (including phenoxy) is 1. The van der Waals surface area contributed by atoms with Gasteiger partial charge < -0.3 is 19.6 Å². The Hall–Kier alpha value is -7.17. The smallest absolute Gasteiger partial charge is 0.355 e. The normalized spacial score (nSPS) is 21.8. The number of carboxylic acids is 1. The van der Waals surface area contributed by atoms with Gasteiger partial charge in [-0.15, -0.1) is 0 Å². The van der Waals surface area contributed by atoms with Crippen molar-refractivity contribution in [2.45, 2.75) is 95.6 Å². The molecule has 2 saturated carbocycles. The summed E-state index contributed by atoms with van der Waals surface area (Å²) >= 11 is 1.44. The molecule has 4 fully saturated rings. The van der Waals surface area contributed by atoms with E-state index in [4.69, 9.17) is 14.8 Å². The van der Waals surface area contributed by atoms with Gasteiger partial charge in [-0.05, 0) is 141 Å². The first-order valence-corrected chi connectivity index (χ1v) is 27.1. The van der Waals surface area contributed by atoms with Crippen molar-refractivity contribution in [1.29, 1.82) is 0 Å². The molecule has 7 aromatic rings. The van der Waals surface area contributed by atoms with Gasteiger partial charge in [-0.2, -0.15) is 5.10 Å². The summed E-state index contributed by atoms with van der Waals surface area (Å²) in [5, 5.41) is 22.5. The van der Waals surface area contributed by atoms with Gasteiger partial charge in [0.05, 0.1) is 33.0 Å². The number of nitrogens with one attached hydrogen (secondary N) is 2. The third kappa shape index (κ3) is 8.95. The van der Waals surface area contributed by atoms with Crippen molar-refractivity contribution in [3.8, 4) is 16.9 Å². The highest BCUT2D eigenvalue weighted by molar-refractivity contribution is 7.22. The number of aromatic nitrogens is 4. The summed E-state index contributed by atoms with van der Waals surface area (Å²) in [6, 6.07) is 29.6.